The highest BCUT2D eigenvalue weighted by atomic mass is 16.5. The SMILES string of the molecule is Cc1c(-c2ccccc2)nn(-c2ccc([C@H]3CNCCO3)cc2)c1C(N)=O. The van der Waals surface area contributed by atoms with Crippen LogP contribution >= 0.6 is 0 Å². The summed E-state index contributed by atoms with van der Waals surface area (Å²) in [7, 11) is 0. The van der Waals surface area contributed by atoms with Gasteiger partial charge in [-0.05, 0) is 24.6 Å². The van der Waals surface area contributed by atoms with E-state index in [1.807, 2.05) is 61.5 Å². The van der Waals surface area contributed by atoms with Crippen LogP contribution in [-0.4, -0.2) is 35.4 Å². The zero-order valence-electron chi connectivity index (χ0n) is 15.2. The number of benzene rings is 2. The molecule has 3 N–H and O–H groups in total. The van der Waals surface area contributed by atoms with Gasteiger partial charge in [0.2, 0.25) is 0 Å². The van der Waals surface area contributed by atoms with Crippen LogP contribution in [-0.2, 0) is 4.74 Å². The molecule has 4 rings (SSSR count). The number of primary amides is 1. The van der Waals surface area contributed by atoms with Crippen molar-refractivity contribution < 1.29 is 9.53 Å². The summed E-state index contributed by atoms with van der Waals surface area (Å²) in [6.45, 7) is 4.26. The number of rotatable bonds is 4. The van der Waals surface area contributed by atoms with E-state index >= 15 is 0 Å². The van der Waals surface area contributed by atoms with Crippen molar-refractivity contribution in [3.63, 3.8) is 0 Å². The summed E-state index contributed by atoms with van der Waals surface area (Å²) in [4.78, 5) is 12.1. The molecular weight excluding hydrogens is 340 g/mol. The Morgan fingerprint density at radius 1 is 1.19 bits per heavy atom. The second-order valence-electron chi connectivity index (χ2n) is 6.62. The highest BCUT2D eigenvalue weighted by Gasteiger charge is 2.21. The third-order valence-electron chi connectivity index (χ3n) is 4.84. The summed E-state index contributed by atoms with van der Waals surface area (Å²) in [6, 6.07) is 17.7. The minimum absolute atomic E-state index is 0.0441. The lowest BCUT2D eigenvalue weighted by atomic mass is 10.1. The molecule has 6 heteroatoms. The summed E-state index contributed by atoms with van der Waals surface area (Å²) in [6.07, 6.45) is 0.0441. The Morgan fingerprint density at radius 2 is 1.93 bits per heavy atom. The maximum Gasteiger partial charge on any atom is 0.267 e. The van der Waals surface area contributed by atoms with Crippen LogP contribution in [0.1, 0.15) is 27.7 Å². The van der Waals surface area contributed by atoms with Crippen molar-refractivity contribution >= 4 is 5.91 Å². The number of amides is 1. The highest BCUT2D eigenvalue weighted by Crippen LogP contribution is 2.27. The lowest BCUT2D eigenvalue weighted by molar-refractivity contribution is 0.0277. The van der Waals surface area contributed by atoms with Gasteiger partial charge in [-0.15, -0.1) is 0 Å². The van der Waals surface area contributed by atoms with Crippen molar-refractivity contribution in [2.45, 2.75) is 13.0 Å². The molecule has 138 valence electrons. The van der Waals surface area contributed by atoms with Crippen LogP contribution < -0.4 is 11.1 Å². The molecule has 27 heavy (non-hydrogen) atoms. The van der Waals surface area contributed by atoms with E-state index in [0.29, 0.717) is 12.3 Å². The molecule has 0 saturated carbocycles. The lowest BCUT2D eigenvalue weighted by Gasteiger charge is -2.24. The number of hydrogen-bond acceptors (Lipinski definition) is 4. The Kier molecular flexibility index (Phi) is 4.75. The van der Waals surface area contributed by atoms with Gasteiger partial charge in [0, 0.05) is 24.2 Å². The number of nitrogens with zero attached hydrogens (tertiary/aromatic N) is 2. The summed E-state index contributed by atoms with van der Waals surface area (Å²) >= 11 is 0. The van der Waals surface area contributed by atoms with Crippen molar-refractivity contribution in [1.82, 2.24) is 15.1 Å². The van der Waals surface area contributed by atoms with Gasteiger partial charge in [-0.2, -0.15) is 5.10 Å². The molecule has 1 fully saturated rings. The smallest absolute Gasteiger partial charge is 0.267 e. The van der Waals surface area contributed by atoms with Gasteiger partial charge in [0.05, 0.1) is 24.1 Å². The van der Waals surface area contributed by atoms with Crippen molar-refractivity contribution in [2.75, 3.05) is 19.7 Å². The number of carbonyl (C=O) groups excluding carboxylic acids is 1. The fourth-order valence-corrected chi connectivity index (χ4v) is 3.45. The van der Waals surface area contributed by atoms with E-state index in [1.165, 1.54) is 0 Å². The molecule has 3 aromatic rings. The van der Waals surface area contributed by atoms with Crippen molar-refractivity contribution in [1.29, 1.82) is 0 Å². The summed E-state index contributed by atoms with van der Waals surface area (Å²) in [5.41, 5.74) is 10.4. The Morgan fingerprint density at radius 3 is 2.56 bits per heavy atom. The Hall–Kier alpha value is -2.96. The lowest BCUT2D eigenvalue weighted by Crippen LogP contribution is -2.33. The standard InChI is InChI=1S/C21H22N4O2/c1-14-19(16-5-3-2-4-6-16)24-25(20(14)21(22)26)17-9-7-15(8-10-17)18-13-23-11-12-27-18/h2-10,18,23H,11-13H2,1H3,(H2,22,26)/t18-/m1/s1. The molecule has 6 nitrogen and oxygen atoms in total. The molecule has 1 aliphatic rings. The number of hydrogen-bond donors (Lipinski definition) is 2. The summed E-state index contributed by atoms with van der Waals surface area (Å²) in [5, 5.41) is 8.01. The number of nitrogens with one attached hydrogen (secondary N) is 1. The van der Waals surface area contributed by atoms with E-state index in [-0.39, 0.29) is 6.10 Å². The molecule has 2 aromatic carbocycles. The monoisotopic (exact) mass is 362 g/mol. The Balaban J connectivity index is 1.73. The van der Waals surface area contributed by atoms with E-state index in [0.717, 1.165) is 41.2 Å². The van der Waals surface area contributed by atoms with Gasteiger partial charge in [-0.3, -0.25) is 4.79 Å². The molecule has 1 saturated heterocycles. The van der Waals surface area contributed by atoms with Gasteiger partial charge < -0.3 is 15.8 Å². The first kappa shape index (κ1) is 17.5. The predicted octanol–water partition coefficient (Wildman–Crippen LogP) is 2.61. The van der Waals surface area contributed by atoms with Crippen LogP contribution in [0.25, 0.3) is 16.9 Å². The quantitative estimate of drug-likeness (QED) is 0.747. The maximum atomic E-state index is 12.1. The van der Waals surface area contributed by atoms with Crippen molar-refractivity contribution in [3.8, 4) is 16.9 Å². The van der Waals surface area contributed by atoms with Crippen molar-refractivity contribution in [2.24, 2.45) is 5.73 Å². The van der Waals surface area contributed by atoms with E-state index in [9.17, 15) is 4.79 Å². The first-order valence-corrected chi connectivity index (χ1v) is 9.02. The van der Waals surface area contributed by atoms with Gasteiger partial charge in [0.1, 0.15) is 5.69 Å². The van der Waals surface area contributed by atoms with Gasteiger partial charge in [-0.25, -0.2) is 4.68 Å². The van der Waals surface area contributed by atoms with Gasteiger partial charge >= 0.3 is 0 Å². The molecule has 2 heterocycles. The minimum atomic E-state index is -0.494. The number of ether oxygens (including phenoxy) is 1. The highest BCUT2D eigenvalue weighted by molar-refractivity contribution is 5.95. The van der Waals surface area contributed by atoms with Gasteiger partial charge in [0.25, 0.3) is 5.91 Å². The predicted molar refractivity (Wildman–Crippen MR) is 104 cm³/mol. The Labute approximate surface area is 158 Å². The molecule has 1 atom stereocenters. The largest absolute Gasteiger partial charge is 0.371 e. The molecule has 0 bridgehead atoms. The topological polar surface area (TPSA) is 82.2 Å². The fraction of sp³-hybridized carbons (Fsp3) is 0.238. The molecular formula is C21H22N4O2. The number of aromatic nitrogens is 2. The fourth-order valence-electron chi connectivity index (χ4n) is 3.45. The molecule has 0 aliphatic carbocycles. The van der Waals surface area contributed by atoms with Gasteiger partial charge in [-0.1, -0.05) is 42.5 Å². The molecule has 0 radical (unpaired) electrons. The molecule has 1 aromatic heterocycles. The first-order valence-electron chi connectivity index (χ1n) is 9.02. The van der Waals surface area contributed by atoms with E-state index < -0.39 is 5.91 Å². The van der Waals surface area contributed by atoms with Crippen LogP contribution in [0.15, 0.2) is 54.6 Å². The number of morpholine rings is 1. The third-order valence-corrected chi connectivity index (χ3v) is 4.84. The van der Waals surface area contributed by atoms with Crippen LogP contribution in [0.2, 0.25) is 0 Å². The number of nitrogens with two attached hydrogens (primary N) is 1. The van der Waals surface area contributed by atoms with Crippen LogP contribution in [0.5, 0.6) is 0 Å². The van der Waals surface area contributed by atoms with Crippen LogP contribution in [0.3, 0.4) is 0 Å². The zero-order chi connectivity index (χ0) is 18.8. The van der Waals surface area contributed by atoms with Crippen LogP contribution in [0, 0.1) is 6.92 Å². The summed E-state index contributed by atoms with van der Waals surface area (Å²) < 4.78 is 7.42. The molecule has 0 unspecified atom stereocenters. The van der Waals surface area contributed by atoms with Crippen molar-refractivity contribution in [3.05, 3.63) is 71.4 Å². The van der Waals surface area contributed by atoms with Crippen LogP contribution in [0.4, 0.5) is 0 Å². The Bertz CT molecular complexity index is 942. The molecule has 1 aliphatic heterocycles. The number of carbonyl (C=O) groups is 1. The average molecular weight is 362 g/mol. The van der Waals surface area contributed by atoms with E-state index in [4.69, 9.17) is 10.5 Å². The molecule has 1 amide bonds. The average Bonchev–Trinajstić information content (AvgIpc) is 3.07. The third kappa shape index (κ3) is 3.37. The van der Waals surface area contributed by atoms with E-state index in [2.05, 4.69) is 10.4 Å². The van der Waals surface area contributed by atoms with E-state index in [1.54, 1.807) is 4.68 Å². The maximum absolute atomic E-state index is 12.1. The second-order valence-corrected chi connectivity index (χ2v) is 6.62. The minimum Gasteiger partial charge on any atom is -0.371 e. The normalized spacial score (nSPS) is 17.0. The zero-order valence-corrected chi connectivity index (χ0v) is 15.2. The summed E-state index contributed by atoms with van der Waals surface area (Å²) in [5.74, 6) is -0.494. The second kappa shape index (κ2) is 7.34. The van der Waals surface area contributed by atoms with Gasteiger partial charge in [0.15, 0.2) is 0 Å². The first-order chi connectivity index (χ1) is 13.1. The molecule has 0 spiro atoms.